The van der Waals surface area contributed by atoms with Crippen molar-refractivity contribution in [3.8, 4) is 69.2 Å². The molecule has 0 amide bonds. The molecular formula is C61H58F2N2O10. The molecule has 4 unspecified atom stereocenters. The lowest BCUT2D eigenvalue weighted by atomic mass is 9.96. The number of methoxy groups -OCH3 is 1. The fourth-order valence-corrected chi connectivity index (χ4v) is 10.1. The van der Waals surface area contributed by atoms with Gasteiger partial charge in [-0.3, -0.25) is 9.59 Å². The standard InChI is InChI=1S/C31H30FNO5.C30H28FNO5/c1-3-4-21(17-30(34)35-2)20-5-8-23(9-6-20)37-28-13-11-26-25(10-12-27(32)31(26)28)22-7-14-29(33-18-22)38-24-15-16-36-19-24;1-2-3-20(16-29(33)34)19-4-7-22(8-5-19)36-27-12-10-25-24(9-11-26(31)30(25)27)21-6-13-28(32-17-21)37-23-14-15-35-18-23/h5-10,12,14,18,21,24,28H,11,13,15-17,19H2,1-2H3;4-9,11,13,17,20,23,27H,10,12,14-16,18H2,1H3,(H,33,34)/t21-,24?,28?;20-,23?,27?/m00/s1. The van der Waals surface area contributed by atoms with Crippen LogP contribution in [0.25, 0.3) is 22.3 Å². The van der Waals surface area contributed by atoms with Crippen LogP contribution in [0, 0.1) is 35.3 Å². The van der Waals surface area contributed by atoms with Crippen LogP contribution in [0.5, 0.6) is 23.3 Å². The third-order valence-electron chi connectivity index (χ3n) is 13.7. The molecule has 4 aromatic carbocycles. The first-order chi connectivity index (χ1) is 36.6. The van der Waals surface area contributed by atoms with Crippen LogP contribution in [0.2, 0.25) is 0 Å². The van der Waals surface area contributed by atoms with Crippen molar-refractivity contribution in [2.24, 2.45) is 0 Å². The molecule has 0 saturated carbocycles. The average molecular weight is 1020 g/mol. The van der Waals surface area contributed by atoms with E-state index in [1.54, 1.807) is 44.4 Å². The SMILES string of the molecule is CC#C[C@@H](CC(=O)O)c1ccc(OC2CCc3c(-c4ccc(OC5CCOC5)nc4)ccc(F)c32)cc1.CC#C[C@@H](CC(=O)OC)c1ccc(OC2CCc3c(-c4ccc(OC5CCOC5)nc4)ccc(F)c32)cc1. The van der Waals surface area contributed by atoms with E-state index in [9.17, 15) is 9.59 Å². The summed E-state index contributed by atoms with van der Waals surface area (Å²) in [6.07, 6.45) is 7.35. The lowest BCUT2D eigenvalue weighted by Gasteiger charge is -2.18. The number of rotatable bonds is 16. The molecule has 4 heterocycles. The Labute approximate surface area is 435 Å². The maximum atomic E-state index is 15.1. The second-order valence-corrected chi connectivity index (χ2v) is 18.7. The number of fused-ring (bicyclic) bond motifs is 2. The van der Waals surface area contributed by atoms with E-state index >= 15 is 8.78 Å². The van der Waals surface area contributed by atoms with Gasteiger partial charge in [0.25, 0.3) is 0 Å². The minimum absolute atomic E-state index is 0.0306. The molecule has 386 valence electrons. The van der Waals surface area contributed by atoms with Crippen molar-refractivity contribution < 1.29 is 56.6 Å². The zero-order valence-corrected chi connectivity index (χ0v) is 42.1. The van der Waals surface area contributed by atoms with Gasteiger partial charge < -0.3 is 38.3 Å². The lowest BCUT2D eigenvalue weighted by molar-refractivity contribution is -0.141. The molecule has 12 nitrogen and oxygen atoms in total. The van der Waals surface area contributed by atoms with Gasteiger partial charge in [0, 0.05) is 59.6 Å². The topological polar surface area (TPSA) is 145 Å². The predicted molar refractivity (Wildman–Crippen MR) is 276 cm³/mol. The molecule has 2 saturated heterocycles. The number of aromatic nitrogens is 2. The van der Waals surface area contributed by atoms with E-state index in [0.29, 0.717) is 86.5 Å². The Morgan fingerprint density at radius 2 is 1.07 bits per heavy atom. The summed E-state index contributed by atoms with van der Waals surface area (Å²) in [5, 5.41) is 9.17. The number of carbonyl (C=O) groups is 2. The molecule has 10 rings (SSSR count). The van der Waals surface area contributed by atoms with Gasteiger partial charge in [-0.1, -0.05) is 48.2 Å². The number of nitrogens with zero attached hydrogens (tertiary/aromatic N) is 2. The number of carboxylic acids is 1. The number of halogens is 2. The number of ether oxygens (including phenoxy) is 7. The Bertz CT molecular complexity index is 3080. The number of carbonyl (C=O) groups excluding carboxylic acids is 1. The Morgan fingerprint density at radius 3 is 1.44 bits per heavy atom. The van der Waals surface area contributed by atoms with Crippen molar-refractivity contribution in [1.82, 2.24) is 9.97 Å². The van der Waals surface area contributed by atoms with Crippen molar-refractivity contribution in [3.05, 3.63) is 154 Å². The summed E-state index contributed by atoms with van der Waals surface area (Å²) in [5.41, 5.74) is 8.46. The summed E-state index contributed by atoms with van der Waals surface area (Å²) in [5.74, 6) is 11.6. The summed E-state index contributed by atoms with van der Waals surface area (Å²) in [6, 6.07) is 28.9. The summed E-state index contributed by atoms with van der Waals surface area (Å²) in [4.78, 5) is 31.9. The van der Waals surface area contributed by atoms with Gasteiger partial charge in [-0.2, -0.15) is 0 Å². The number of hydrogen-bond donors (Lipinski definition) is 1. The van der Waals surface area contributed by atoms with Crippen molar-refractivity contribution in [3.63, 3.8) is 0 Å². The van der Waals surface area contributed by atoms with Gasteiger partial charge in [0.05, 0.1) is 58.2 Å². The van der Waals surface area contributed by atoms with Crippen molar-refractivity contribution in [2.45, 2.75) is 101 Å². The maximum Gasteiger partial charge on any atom is 0.307 e. The Balaban J connectivity index is 0.000000184. The number of esters is 1. The Kier molecular flexibility index (Phi) is 17.0. The molecule has 4 aliphatic rings. The summed E-state index contributed by atoms with van der Waals surface area (Å²) in [7, 11) is 1.37. The van der Waals surface area contributed by atoms with Gasteiger partial charge in [-0.15, -0.1) is 11.8 Å². The van der Waals surface area contributed by atoms with Gasteiger partial charge in [-0.25, -0.2) is 18.7 Å². The Hall–Kier alpha value is -7.78. The van der Waals surface area contributed by atoms with E-state index < -0.39 is 18.2 Å². The van der Waals surface area contributed by atoms with Crippen LogP contribution in [-0.2, 0) is 36.6 Å². The highest BCUT2D eigenvalue weighted by Gasteiger charge is 2.32. The molecule has 2 aromatic heterocycles. The van der Waals surface area contributed by atoms with Gasteiger partial charge >= 0.3 is 11.9 Å². The normalized spacial score (nSPS) is 18.8. The first-order valence-corrected chi connectivity index (χ1v) is 25.3. The molecule has 6 atom stereocenters. The van der Waals surface area contributed by atoms with Gasteiger partial charge in [0.1, 0.15) is 47.5 Å². The fourth-order valence-electron chi connectivity index (χ4n) is 10.1. The van der Waals surface area contributed by atoms with Crippen LogP contribution < -0.4 is 18.9 Å². The number of pyridine rings is 2. The highest BCUT2D eigenvalue weighted by Crippen LogP contribution is 2.44. The maximum absolute atomic E-state index is 15.1. The summed E-state index contributed by atoms with van der Waals surface area (Å²) < 4.78 is 69.8. The van der Waals surface area contributed by atoms with E-state index in [0.717, 1.165) is 57.3 Å². The second-order valence-electron chi connectivity index (χ2n) is 18.7. The van der Waals surface area contributed by atoms with Crippen LogP contribution in [0.15, 0.2) is 109 Å². The smallest absolute Gasteiger partial charge is 0.307 e. The monoisotopic (exact) mass is 1020 g/mol. The van der Waals surface area contributed by atoms with Gasteiger partial charge in [0.2, 0.25) is 11.8 Å². The first kappa shape index (κ1) is 52.1. The van der Waals surface area contributed by atoms with Crippen molar-refractivity contribution >= 4 is 11.9 Å². The zero-order chi connectivity index (χ0) is 52.3. The minimum Gasteiger partial charge on any atom is -0.486 e. The molecule has 0 bridgehead atoms. The second kappa shape index (κ2) is 24.5. The minimum atomic E-state index is -0.900. The first-order valence-electron chi connectivity index (χ1n) is 25.3. The average Bonchev–Trinajstić information content (AvgIpc) is 4.30. The van der Waals surface area contributed by atoms with Crippen molar-refractivity contribution in [2.75, 3.05) is 33.5 Å². The molecular weight excluding hydrogens is 959 g/mol. The third-order valence-corrected chi connectivity index (χ3v) is 13.7. The van der Waals surface area contributed by atoms with Gasteiger partial charge in [-0.05, 0) is 121 Å². The number of benzene rings is 4. The molecule has 2 fully saturated rings. The fraction of sp³-hybridized carbons (Fsp3) is 0.344. The van der Waals surface area contributed by atoms with Crippen LogP contribution in [0.1, 0.15) is 110 Å². The Morgan fingerprint density at radius 1 is 0.613 bits per heavy atom. The number of aliphatic carboxylic acids is 1. The predicted octanol–water partition coefficient (Wildman–Crippen LogP) is 11.5. The lowest BCUT2D eigenvalue weighted by Crippen LogP contribution is -2.16. The molecule has 2 aliphatic carbocycles. The summed E-state index contributed by atoms with van der Waals surface area (Å²) in [6.45, 7) is 6.01. The molecule has 0 spiro atoms. The van der Waals surface area contributed by atoms with E-state index in [4.69, 9.17) is 38.3 Å². The van der Waals surface area contributed by atoms with E-state index in [2.05, 4.69) is 33.6 Å². The quantitative estimate of drug-likeness (QED) is 0.0727. The van der Waals surface area contributed by atoms with E-state index in [1.165, 1.54) is 19.2 Å². The van der Waals surface area contributed by atoms with Crippen LogP contribution in [0.3, 0.4) is 0 Å². The molecule has 14 heteroatoms. The molecule has 1 N–H and O–H groups in total. The molecule has 2 aliphatic heterocycles. The van der Waals surface area contributed by atoms with Gasteiger partial charge in [0.15, 0.2) is 0 Å². The number of carboxylic acid groups (broad SMARTS) is 1. The summed E-state index contributed by atoms with van der Waals surface area (Å²) >= 11 is 0. The van der Waals surface area contributed by atoms with E-state index in [1.807, 2.05) is 66.7 Å². The van der Waals surface area contributed by atoms with Crippen LogP contribution >= 0.6 is 0 Å². The largest absolute Gasteiger partial charge is 0.486 e. The molecule has 6 aromatic rings. The molecule has 0 radical (unpaired) electrons. The van der Waals surface area contributed by atoms with Crippen LogP contribution in [-0.4, -0.2) is 72.8 Å². The third kappa shape index (κ3) is 12.8. The van der Waals surface area contributed by atoms with Crippen LogP contribution in [0.4, 0.5) is 8.78 Å². The highest BCUT2D eigenvalue weighted by atomic mass is 19.1. The van der Waals surface area contributed by atoms with E-state index in [-0.39, 0.29) is 54.5 Å². The molecule has 75 heavy (non-hydrogen) atoms. The highest BCUT2D eigenvalue weighted by molar-refractivity contribution is 5.72. The number of hydrogen-bond acceptors (Lipinski definition) is 11. The zero-order valence-electron chi connectivity index (χ0n) is 42.1. The van der Waals surface area contributed by atoms with Crippen molar-refractivity contribution in [1.29, 1.82) is 0 Å².